The van der Waals surface area contributed by atoms with Crippen molar-refractivity contribution in [2.24, 2.45) is 0 Å². The standard InChI is InChI=1S/C19H13BrN2S/c1-13-2-6-15(7-3-13)18-12-23-19(22-18)16(11-21)10-14-4-8-17(20)9-5-14/h2-10,12H,1H3/b16-10+. The highest BCUT2D eigenvalue weighted by Gasteiger charge is 2.09. The van der Waals surface area contributed by atoms with E-state index >= 15 is 0 Å². The number of nitriles is 1. The number of hydrogen-bond donors (Lipinski definition) is 0. The molecule has 0 radical (unpaired) electrons. The molecule has 112 valence electrons. The van der Waals surface area contributed by atoms with Gasteiger partial charge in [-0.05, 0) is 30.7 Å². The van der Waals surface area contributed by atoms with Crippen LogP contribution in [0.4, 0.5) is 0 Å². The van der Waals surface area contributed by atoms with E-state index in [1.54, 1.807) is 0 Å². The highest BCUT2D eigenvalue weighted by Crippen LogP contribution is 2.27. The monoisotopic (exact) mass is 380 g/mol. The zero-order valence-electron chi connectivity index (χ0n) is 12.5. The third-order valence-electron chi connectivity index (χ3n) is 3.38. The van der Waals surface area contributed by atoms with Crippen molar-refractivity contribution in [1.82, 2.24) is 4.98 Å². The van der Waals surface area contributed by atoms with E-state index in [0.717, 1.165) is 26.3 Å². The molecule has 1 aromatic heterocycles. The first-order valence-electron chi connectivity index (χ1n) is 7.06. The summed E-state index contributed by atoms with van der Waals surface area (Å²) in [4.78, 5) is 4.61. The van der Waals surface area contributed by atoms with E-state index in [-0.39, 0.29) is 0 Å². The number of nitrogens with zero attached hydrogens (tertiary/aromatic N) is 2. The van der Waals surface area contributed by atoms with Crippen LogP contribution in [0, 0.1) is 18.3 Å². The molecule has 0 spiro atoms. The molecule has 0 atom stereocenters. The van der Waals surface area contributed by atoms with Crippen molar-refractivity contribution in [3.8, 4) is 17.3 Å². The van der Waals surface area contributed by atoms with Crippen molar-refractivity contribution in [2.75, 3.05) is 0 Å². The van der Waals surface area contributed by atoms with Crippen molar-refractivity contribution < 1.29 is 0 Å². The fraction of sp³-hybridized carbons (Fsp3) is 0.0526. The van der Waals surface area contributed by atoms with E-state index < -0.39 is 0 Å². The first-order valence-corrected chi connectivity index (χ1v) is 8.73. The number of rotatable bonds is 3. The second-order valence-electron chi connectivity index (χ2n) is 5.13. The van der Waals surface area contributed by atoms with Gasteiger partial charge < -0.3 is 0 Å². The predicted molar refractivity (Wildman–Crippen MR) is 99.9 cm³/mol. The van der Waals surface area contributed by atoms with Crippen LogP contribution < -0.4 is 0 Å². The average Bonchev–Trinajstić information content (AvgIpc) is 3.05. The Balaban J connectivity index is 1.92. The summed E-state index contributed by atoms with van der Waals surface area (Å²) in [6, 6.07) is 18.3. The lowest BCUT2D eigenvalue weighted by molar-refractivity contribution is 1.36. The Hall–Kier alpha value is -2.22. The van der Waals surface area contributed by atoms with Gasteiger partial charge in [-0.3, -0.25) is 0 Å². The van der Waals surface area contributed by atoms with E-state index in [1.807, 2.05) is 35.7 Å². The molecule has 2 aromatic carbocycles. The summed E-state index contributed by atoms with van der Waals surface area (Å²) >= 11 is 4.90. The number of aryl methyl sites for hydroxylation is 1. The Morgan fingerprint density at radius 3 is 2.48 bits per heavy atom. The molecule has 23 heavy (non-hydrogen) atoms. The Morgan fingerprint density at radius 2 is 1.83 bits per heavy atom. The molecule has 0 bridgehead atoms. The minimum Gasteiger partial charge on any atom is -0.235 e. The third kappa shape index (κ3) is 3.76. The maximum Gasteiger partial charge on any atom is 0.134 e. The van der Waals surface area contributed by atoms with Gasteiger partial charge >= 0.3 is 0 Å². The molecule has 0 N–H and O–H groups in total. The van der Waals surface area contributed by atoms with Gasteiger partial charge in [0, 0.05) is 15.4 Å². The lowest BCUT2D eigenvalue weighted by Crippen LogP contribution is -1.83. The van der Waals surface area contributed by atoms with Crippen LogP contribution in [0.3, 0.4) is 0 Å². The largest absolute Gasteiger partial charge is 0.235 e. The first-order chi connectivity index (χ1) is 11.2. The van der Waals surface area contributed by atoms with Crippen LogP contribution in [0.1, 0.15) is 16.1 Å². The fourth-order valence-electron chi connectivity index (χ4n) is 2.12. The molecule has 0 saturated heterocycles. The van der Waals surface area contributed by atoms with Gasteiger partial charge in [0.15, 0.2) is 0 Å². The average molecular weight is 381 g/mol. The molecule has 0 unspecified atom stereocenters. The molecule has 0 saturated carbocycles. The quantitative estimate of drug-likeness (QED) is 0.526. The van der Waals surface area contributed by atoms with Crippen LogP contribution in [0.25, 0.3) is 22.9 Å². The number of thiazole rings is 1. The van der Waals surface area contributed by atoms with Crippen LogP contribution in [-0.2, 0) is 0 Å². The van der Waals surface area contributed by atoms with Crippen molar-refractivity contribution in [3.63, 3.8) is 0 Å². The maximum atomic E-state index is 9.45. The molecule has 1 heterocycles. The minimum absolute atomic E-state index is 0.579. The Morgan fingerprint density at radius 1 is 1.13 bits per heavy atom. The molecule has 0 aliphatic carbocycles. The summed E-state index contributed by atoms with van der Waals surface area (Å²) in [5, 5.41) is 12.2. The zero-order valence-corrected chi connectivity index (χ0v) is 14.9. The minimum atomic E-state index is 0.579. The molecule has 3 aromatic rings. The van der Waals surface area contributed by atoms with Crippen LogP contribution in [-0.4, -0.2) is 4.98 Å². The molecule has 2 nitrogen and oxygen atoms in total. The van der Waals surface area contributed by atoms with E-state index in [1.165, 1.54) is 16.9 Å². The van der Waals surface area contributed by atoms with Crippen LogP contribution >= 0.6 is 27.3 Å². The Bertz CT molecular complexity index is 884. The van der Waals surface area contributed by atoms with Crippen LogP contribution in [0.5, 0.6) is 0 Å². The van der Waals surface area contributed by atoms with Gasteiger partial charge in [0.25, 0.3) is 0 Å². The van der Waals surface area contributed by atoms with Crippen molar-refractivity contribution in [1.29, 1.82) is 5.26 Å². The summed E-state index contributed by atoms with van der Waals surface area (Å²) < 4.78 is 1.02. The van der Waals surface area contributed by atoms with Gasteiger partial charge in [0.2, 0.25) is 0 Å². The van der Waals surface area contributed by atoms with Crippen molar-refractivity contribution in [2.45, 2.75) is 6.92 Å². The fourth-order valence-corrected chi connectivity index (χ4v) is 3.18. The van der Waals surface area contributed by atoms with E-state index in [4.69, 9.17) is 0 Å². The number of benzene rings is 2. The Labute approximate surface area is 147 Å². The van der Waals surface area contributed by atoms with Gasteiger partial charge in [0.1, 0.15) is 11.1 Å². The van der Waals surface area contributed by atoms with Crippen LogP contribution in [0.2, 0.25) is 0 Å². The number of hydrogen-bond acceptors (Lipinski definition) is 3. The van der Waals surface area contributed by atoms with Crippen LogP contribution in [0.15, 0.2) is 58.4 Å². The zero-order chi connectivity index (χ0) is 16.2. The van der Waals surface area contributed by atoms with Crippen molar-refractivity contribution in [3.05, 3.63) is 74.5 Å². The second-order valence-corrected chi connectivity index (χ2v) is 6.90. The summed E-state index contributed by atoms with van der Waals surface area (Å²) in [7, 11) is 0. The maximum absolute atomic E-state index is 9.45. The summed E-state index contributed by atoms with van der Waals surface area (Å²) in [5.74, 6) is 0. The summed E-state index contributed by atoms with van der Waals surface area (Å²) in [6.07, 6.45) is 1.87. The Kier molecular flexibility index (Phi) is 4.71. The third-order valence-corrected chi connectivity index (χ3v) is 4.79. The summed E-state index contributed by atoms with van der Waals surface area (Å²) in [5.41, 5.74) is 4.76. The normalized spacial score (nSPS) is 11.3. The smallest absolute Gasteiger partial charge is 0.134 e. The van der Waals surface area contributed by atoms with Gasteiger partial charge in [-0.25, -0.2) is 4.98 Å². The van der Waals surface area contributed by atoms with E-state index in [0.29, 0.717) is 5.57 Å². The van der Waals surface area contributed by atoms with Gasteiger partial charge in [-0.2, -0.15) is 5.26 Å². The topological polar surface area (TPSA) is 36.7 Å². The van der Waals surface area contributed by atoms with Gasteiger partial charge in [-0.1, -0.05) is 57.9 Å². The second kappa shape index (κ2) is 6.91. The molecular weight excluding hydrogens is 368 g/mol. The lowest BCUT2D eigenvalue weighted by Gasteiger charge is -1.98. The molecule has 0 aliphatic rings. The molecule has 4 heteroatoms. The molecule has 0 amide bonds. The molecular formula is C19H13BrN2S. The molecule has 0 aliphatic heterocycles. The SMILES string of the molecule is Cc1ccc(-c2csc(/C(C#N)=C/c3ccc(Br)cc3)n2)cc1. The van der Waals surface area contributed by atoms with E-state index in [9.17, 15) is 5.26 Å². The molecule has 3 rings (SSSR count). The van der Waals surface area contributed by atoms with Gasteiger partial charge in [-0.15, -0.1) is 11.3 Å². The van der Waals surface area contributed by atoms with E-state index in [2.05, 4.69) is 58.2 Å². The van der Waals surface area contributed by atoms with Crippen molar-refractivity contribution >= 4 is 38.9 Å². The first kappa shape index (κ1) is 15.7. The number of halogens is 1. The number of aromatic nitrogens is 1. The van der Waals surface area contributed by atoms with Gasteiger partial charge in [0.05, 0.1) is 11.3 Å². The predicted octanol–water partition coefficient (Wildman–Crippen LogP) is 5.95. The molecule has 0 fully saturated rings. The lowest BCUT2D eigenvalue weighted by atomic mass is 10.1. The summed E-state index contributed by atoms with van der Waals surface area (Å²) in [6.45, 7) is 2.06. The highest BCUT2D eigenvalue weighted by molar-refractivity contribution is 9.10. The number of allylic oxidation sites excluding steroid dienone is 1. The highest BCUT2D eigenvalue weighted by atomic mass is 79.9.